The lowest BCUT2D eigenvalue weighted by Crippen LogP contribution is -2.44. The lowest BCUT2D eigenvalue weighted by atomic mass is 10.0. The molecule has 1 unspecified atom stereocenters. The predicted octanol–water partition coefficient (Wildman–Crippen LogP) is 0.597. The molecule has 88 valence electrons. The van der Waals surface area contributed by atoms with Crippen LogP contribution in [0.25, 0.3) is 0 Å². The molecule has 0 aromatic carbocycles. The number of carbonyl (C=O) groups is 1. The summed E-state index contributed by atoms with van der Waals surface area (Å²) in [5, 5.41) is 4.01. The molecule has 0 radical (unpaired) electrons. The third kappa shape index (κ3) is 2.00. The van der Waals surface area contributed by atoms with E-state index >= 15 is 0 Å². The van der Waals surface area contributed by atoms with E-state index < -0.39 is 6.17 Å². The number of halogens is 1. The van der Waals surface area contributed by atoms with Crippen molar-refractivity contribution in [2.24, 2.45) is 0 Å². The molecule has 1 aliphatic rings. The molecule has 0 bridgehead atoms. The number of nitrogen functional groups attached to an aromatic ring is 1. The SMILES string of the molecule is CC(=O)N1CCC(n2cc(N)cn2)[C@@H](F)C1. The third-order valence-corrected chi connectivity index (χ3v) is 2.91. The summed E-state index contributed by atoms with van der Waals surface area (Å²) in [6, 6.07) is -0.312. The van der Waals surface area contributed by atoms with Gasteiger partial charge in [0.15, 0.2) is 0 Å². The quantitative estimate of drug-likeness (QED) is 0.762. The zero-order chi connectivity index (χ0) is 11.7. The van der Waals surface area contributed by atoms with E-state index in [1.165, 1.54) is 18.0 Å². The number of anilines is 1. The van der Waals surface area contributed by atoms with Gasteiger partial charge in [0.05, 0.1) is 24.5 Å². The van der Waals surface area contributed by atoms with Gasteiger partial charge in [0.1, 0.15) is 6.17 Å². The van der Waals surface area contributed by atoms with Gasteiger partial charge in [0.25, 0.3) is 0 Å². The van der Waals surface area contributed by atoms with E-state index in [0.717, 1.165) is 0 Å². The van der Waals surface area contributed by atoms with Crippen molar-refractivity contribution in [1.29, 1.82) is 0 Å². The maximum absolute atomic E-state index is 13.9. The zero-order valence-electron chi connectivity index (χ0n) is 9.14. The molecule has 0 saturated carbocycles. The molecule has 16 heavy (non-hydrogen) atoms. The molecule has 2 atom stereocenters. The first kappa shape index (κ1) is 10.9. The number of hydrogen-bond acceptors (Lipinski definition) is 3. The van der Waals surface area contributed by atoms with Crippen molar-refractivity contribution in [2.75, 3.05) is 18.8 Å². The Morgan fingerprint density at radius 3 is 2.94 bits per heavy atom. The smallest absolute Gasteiger partial charge is 0.219 e. The fourth-order valence-corrected chi connectivity index (χ4v) is 2.01. The number of hydrogen-bond donors (Lipinski definition) is 1. The van der Waals surface area contributed by atoms with Gasteiger partial charge >= 0.3 is 0 Å². The molecule has 1 saturated heterocycles. The first-order valence-electron chi connectivity index (χ1n) is 5.27. The summed E-state index contributed by atoms with van der Waals surface area (Å²) in [4.78, 5) is 12.6. The number of aromatic nitrogens is 2. The summed E-state index contributed by atoms with van der Waals surface area (Å²) >= 11 is 0. The van der Waals surface area contributed by atoms with Crippen LogP contribution >= 0.6 is 0 Å². The Balaban J connectivity index is 2.07. The number of nitrogens with two attached hydrogens (primary N) is 1. The molecule has 2 heterocycles. The molecule has 1 aromatic rings. The number of nitrogens with zero attached hydrogens (tertiary/aromatic N) is 3. The molecular weight excluding hydrogens is 211 g/mol. The van der Waals surface area contributed by atoms with Crippen molar-refractivity contribution in [2.45, 2.75) is 25.6 Å². The minimum atomic E-state index is -1.09. The van der Waals surface area contributed by atoms with Crippen LogP contribution in [0.5, 0.6) is 0 Å². The second kappa shape index (κ2) is 4.11. The van der Waals surface area contributed by atoms with Gasteiger partial charge in [-0.05, 0) is 6.42 Å². The maximum atomic E-state index is 13.9. The van der Waals surface area contributed by atoms with Crippen LogP contribution in [-0.4, -0.2) is 39.8 Å². The fraction of sp³-hybridized carbons (Fsp3) is 0.600. The van der Waals surface area contributed by atoms with Crippen LogP contribution < -0.4 is 5.73 Å². The normalized spacial score (nSPS) is 25.8. The molecule has 1 aromatic heterocycles. The van der Waals surface area contributed by atoms with Gasteiger partial charge in [0.2, 0.25) is 5.91 Å². The van der Waals surface area contributed by atoms with Crippen LogP contribution in [-0.2, 0) is 4.79 Å². The standard InChI is InChI=1S/C10H15FN4O/c1-7(16)14-3-2-10(9(11)6-14)15-5-8(12)4-13-15/h4-5,9-10H,2-3,6,12H2,1H3/t9-,10?/m0/s1. The number of likely N-dealkylation sites (tertiary alicyclic amines) is 1. The number of piperidine rings is 1. The minimum Gasteiger partial charge on any atom is -0.396 e. The van der Waals surface area contributed by atoms with Crippen molar-refractivity contribution in [3.63, 3.8) is 0 Å². The summed E-state index contributed by atoms with van der Waals surface area (Å²) in [6.45, 7) is 2.17. The Kier molecular flexibility index (Phi) is 2.80. The van der Waals surface area contributed by atoms with E-state index in [0.29, 0.717) is 18.7 Å². The minimum absolute atomic E-state index is 0.0823. The van der Waals surface area contributed by atoms with Gasteiger partial charge in [-0.15, -0.1) is 0 Å². The molecule has 1 aliphatic heterocycles. The first-order chi connectivity index (χ1) is 7.58. The van der Waals surface area contributed by atoms with Crippen LogP contribution in [0.3, 0.4) is 0 Å². The van der Waals surface area contributed by atoms with E-state index in [1.54, 1.807) is 10.9 Å². The van der Waals surface area contributed by atoms with Crippen molar-refractivity contribution >= 4 is 11.6 Å². The summed E-state index contributed by atoms with van der Waals surface area (Å²) in [5.41, 5.74) is 6.06. The number of carbonyl (C=O) groups excluding carboxylic acids is 1. The van der Waals surface area contributed by atoms with Gasteiger partial charge in [-0.1, -0.05) is 0 Å². The van der Waals surface area contributed by atoms with Gasteiger partial charge in [-0.2, -0.15) is 5.10 Å². The predicted molar refractivity (Wildman–Crippen MR) is 57.4 cm³/mol. The van der Waals surface area contributed by atoms with E-state index in [-0.39, 0.29) is 18.5 Å². The van der Waals surface area contributed by atoms with E-state index in [1.807, 2.05) is 0 Å². The maximum Gasteiger partial charge on any atom is 0.219 e. The van der Waals surface area contributed by atoms with E-state index in [4.69, 9.17) is 5.73 Å². The molecule has 0 aliphatic carbocycles. The van der Waals surface area contributed by atoms with Crippen LogP contribution in [0.4, 0.5) is 10.1 Å². The molecule has 1 fully saturated rings. The average molecular weight is 226 g/mol. The molecule has 2 rings (SSSR count). The Bertz CT molecular complexity index is 392. The average Bonchev–Trinajstić information content (AvgIpc) is 2.64. The zero-order valence-corrected chi connectivity index (χ0v) is 9.14. The Labute approximate surface area is 93.0 Å². The molecule has 1 amide bonds. The highest BCUT2D eigenvalue weighted by atomic mass is 19.1. The third-order valence-electron chi connectivity index (χ3n) is 2.91. The Morgan fingerprint density at radius 2 is 2.44 bits per heavy atom. The Hall–Kier alpha value is -1.59. The summed E-state index contributed by atoms with van der Waals surface area (Å²) < 4.78 is 15.4. The van der Waals surface area contributed by atoms with Crippen LogP contribution in [0, 0.1) is 0 Å². The van der Waals surface area contributed by atoms with Gasteiger partial charge in [0, 0.05) is 19.7 Å². The molecule has 5 nitrogen and oxygen atoms in total. The van der Waals surface area contributed by atoms with Crippen molar-refractivity contribution in [3.8, 4) is 0 Å². The van der Waals surface area contributed by atoms with Crippen molar-refractivity contribution in [1.82, 2.24) is 14.7 Å². The second-order valence-electron chi connectivity index (χ2n) is 4.09. The highest BCUT2D eigenvalue weighted by Crippen LogP contribution is 2.25. The fourth-order valence-electron chi connectivity index (χ4n) is 2.01. The van der Waals surface area contributed by atoms with Gasteiger partial charge in [-0.25, -0.2) is 4.39 Å². The number of alkyl halides is 1. The lowest BCUT2D eigenvalue weighted by Gasteiger charge is -2.34. The molecule has 2 N–H and O–H groups in total. The summed E-state index contributed by atoms with van der Waals surface area (Å²) in [7, 11) is 0. The number of rotatable bonds is 1. The molecule has 0 spiro atoms. The largest absolute Gasteiger partial charge is 0.396 e. The van der Waals surface area contributed by atoms with E-state index in [2.05, 4.69) is 5.10 Å². The van der Waals surface area contributed by atoms with Crippen LogP contribution in [0.15, 0.2) is 12.4 Å². The topological polar surface area (TPSA) is 64.2 Å². The summed E-state index contributed by atoms with van der Waals surface area (Å²) in [5.74, 6) is -0.0823. The molecule has 6 heteroatoms. The molecular formula is C10H15FN4O. The summed E-state index contributed by atoms with van der Waals surface area (Å²) in [6.07, 6.45) is 2.61. The van der Waals surface area contributed by atoms with Crippen LogP contribution in [0.1, 0.15) is 19.4 Å². The first-order valence-corrected chi connectivity index (χ1v) is 5.27. The van der Waals surface area contributed by atoms with Gasteiger partial charge in [-0.3, -0.25) is 9.48 Å². The lowest BCUT2D eigenvalue weighted by molar-refractivity contribution is -0.131. The number of amides is 1. The van der Waals surface area contributed by atoms with Crippen LogP contribution in [0.2, 0.25) is 0 Å². The van der Waals surface area contributed by atoms with Crippen molar-refractivity contribution < 1.29 is 9.18 Å². The van der Waals surface area contributed by atoms with E-state index in [9.17, 15) is 9.18 Å². The Morgan fingerprint density at radius 1 is 1.69 bits per heavy atom. The second-order valence-corrected chi connectivity index (χ2v) is 4.09. The van der Waals surface area contributed by atoms with Gasteiger partial charge < -0.3 is 10.6 Å². The van der Waals surface area contributed by atoms with Crippen molar-refractivity contribution in [3.05, 3.63) is 12.4 Å². The highest BCUT2D eigenvalue weighted by molar-refractivity contribution is 5.73. The monoisotopic (exact) mass is 226 g/mol. The highest BCUT2D eigenvalue weighted by Gasteiger charge is 2.31.